The van der Waals surface area contributed by atoms with Crippen LogP contribution in [0.2, 0.25) is 0 Å². The number of rotatable bonds is 5. The van der Waals surface area contributed by atoms with Gasteiger partial charge in [-0.3, -0.25) is 4.79 Å². The van der Waals surface area contributed by atoms with E-state index in [-0.39, 0.29) is 17.6 Å². The highest BCUT2D eigenvalue weighted by Gasteiger charge is 2.20. The van der Waals surface area contributed by atoms with Gasteiger partial charge in [-0.1, -0.05) is 12.1 Å². The minimum Gasteiger partial charge on any atom is -0.382 e. The maximum atomic E-state index is 12.9. The minimum atomic E-state index is -0.287. The standard InChI is InChI=1S/C19H21FN2O/c1-12-9-16-10-15(5-8-18(16)22-12)19(23)13(2)21-11-14-3-6-17(20)7-4-14/h3-8,10,12-13,21-22H,9,11H2,1-2H3. The first-order chi connectivity index (χ1) is 11.0. The van der Waals surface area contributed by atoms with Gasteiger partial charge in [-0.05, 0) is 61.7 Å². The lowest BCUT2D eigenvalue weighted by Crippen LogP contribution is -2.33. The van der Waals surface area contributed by atoms with Crippen LogP contribution in [0.1, 0.15) is 35.3 Å². The molecule has 0 saturated carbocycles. The van der Waals surface area contributed by atoms with Crippen molar-refractivity contribution in [3.8, 4) is 0 Å². The van der Waals surface area contributed by atoms with Crippen LogP contribution >= 0.6 is 0 Å². The number of nitrogens with one attached hydrogen (secondary N) is 2. The average molecular weight is 312 g/mol. The third-order valence-electron chi connectivity index (χ3n) is 4.24. The van der Waals surface area contributed by atoms with Crippen molar-refractivity contribution in [1.82, 2.24) is 5.32 Å². The Hall–Kier alpha value is -2.20. The molecule has 0 radical (unpaired) electrons. The first-order valence-electron chi connectivity index (χ1n) is 7.94. The van der Waals surface area contributed by atoms with Crippen molar-refractivity contribution in [1.29, 1.82) is 0 Å². The van der Waals surface area contributed by atoms with E-state index in [9.17, 15) is 9.18 Å². The molecule has 4 heteroatoms. The van der Waals surface area contributed by atoms with Gasteiger partial charge in [-0.15, -0.1) is 0 Å². The van der Waals surface area contributed by atoms with Crippen molar-refractivity contribution in [2.45, 2.75) is 38.9 Å². The zero-order valence-corrected chi connectivity index (χ0v) is 13.4. The van der Waals surface area contributed by atoms with Gasteiger partial charge in [0.2, 0.25) is 0 Å². The van der Waals surface area contributed by atoms with Crippen molar-refractivity contribution < 1.29 is 9.18 Å². The summed E-state index contributed by atoms with van der Waals surface area (Å²) in [6.45, 7) is 4.53. The van der Waals surface area contributed by atoms with Gasteiger partial charge in [0.15, 0.2) is 5.78 Å². The van der Waals surface area contributed by atoms with E-state index in [1.165, 1.54) is 17.7 Å². The quantitative estimate of drug-likeness (QED) is 0.830. The van der Waals surface area contributed by atoms with E-state index in [0.717, 1.165) is 23.2 Å². The maximum absolute atomic E-state index is 12.9. The Kier molecular flexibility index (Phi) is 4.44. The number of ketones is 1. The second-order valence-electron chi connectivity index (χ2n) is 6.21. The Morgan fingerprint density at radius 2 is 2.04 bits per heavy atom. The third kappa shape index (κ3) is 3.59. The van der Waals surface area contributed by atoms with E-state index in [1.807, 2.05) is 25.1 Å². The van der Waals surface area contributed by atoms with Crippen molar-refractivity contribution >= 4 is 11.5 Å². The van der Waals surface area contributed by atoms with Crippen LogP contribution in [0.3, 0.4) is 0 Å². The van der Waals surface area contributed by atoms with Gasteiger partial charge < -0.3 is 10.6 Å². The number of Topliss-reactive ketones (excluding diaryl/α,β-unsaturated/α-hetero) is 1. The second-order valence-corrected chi connectivity index (χ2v) is 6.21. The summed E-state index contributed by atoms with van der Waals surface area (Å²) >= 11 is 0. The summed E-state index contributed by atoms with van der Waals surface area (Å²) in [7, 11) is 0. The molecule has 0 spiro atoms. The van der Waals surface area contributed by atoms with Gasteiger partial charge in [-0.2, -0.15) is 0 Å². The Labute approximate surface area is 135 Å². The molecular formula is C19H21FN2O. The molecule has 0 amide bonds. The fourth-order valence-electron chi connectivity index (χ4n) is 2.92. The molecule has 120 valence electrons. The summed E-state index contributed by atoms with van der Waals surface area (Å²) in [5.74, 6) is -0.173. The molecule has 0 aliphatic carbocycles. The van der Waals surface area contributed by atoms with Crippen molar-refractivity contribution in [3.63, 3.8) is 0 Å². The Balaban J connectivity index is 1.63. The number of hydrogen-bond donors (Lipinski definition) is 2. The van der Waals surface area contributed by atoms with Gasteiger partial charge in [0.25, 0.3) is 0 Å². The molecule has 1 aliphatic rings. The van der Waals surface area contributed by atoms with E-state index >= 15 is 0 Å². The molecule has 23 heavy (non-hydrogen) atoms. The van der Waals surface area contributed by atoms with Crippen molar-refractivity contribution in [2.75, 3.05) is 5.32 Å². The predicted molar refractivity (Wildman–Crippen MR) is 90.3 cm³/mol. The maximum Gasteiger partial charge on any atom is 0.179 e. The van der Waals surface area contributed by atoms with E-state index in [2.05, 4.69) is 17.6 Å². The Morgan fingerprint density at radius 3 is 2.78 bits per heavy atom. The fourth-order valence-corrected chi connectivity index (χ4v) is 2.92. The lowest BCUT2D eigenvalue weighted by molar-refractivity contribution is 0.0950. The molecule has 0 fully saturated rings. The highest BCUT2D eigenvalue weighted by Crippen LogP contribution is 2.26. The molecule has 2 aromatic rings. The largest absolute Gasteiger partial charge is 0.382 e. The number of halogens is 1. The van der Waals surface area contributed by atoms with Crippen LogP contribution in [-0.2, 0) is 13.0 Å². The van der Waals surface area contributed by atoms with Crippen LogP contribution in [0, 0.1) is 5.82 Å². The van der Waals surface area contributed by atoms with Crippen LogP contribution in [0.5, 0.6) is 0 Å². The predicted octanol–water partition coefficient (Wildman–Crippen LogP) is 3.54. The summed E-state index contributed by atoms with van der Waals surface area (Å²) in [5, 5.41) is 6.59. The van der Waals surface area contributed by atoms with Crippen LogP contribution in [0.4, 0.5) is 10.1 Å². The van der Waals surface area contributed by atoms with Crippen molar-refractivity contribution in [3.05, 3.63) is 65.0 Å². The molecule has 0 aromatic heterocycles. The summed E-state index contributed by atoms with van der Waals surface area (Å²) in [6, 6.07) is 12.3. The van der Waals surface area contributed by atoms with Crippen molar-refractivity contribution in [2.24, 2.45) is 0 Å². The minimum absolute atomic E-state index is 0.0782. The number of benzene rings is 2. The fraction of sp³-hybridized carbons (Fsp3) is 0.316. The Morgan fingerprint density at radius 1 is 1.30 bits per heavy atom. The first kappa shape index (κ1) is 15.7. The number of hydrogen-bond acceptors (Lipinski definition) is 3. The third-order valence-corrected chi connectivity index (χ3v) is 4.24. The lowest BCUT2D eigenvalue weighted by atomic mass is 10.0. The number of anilines is 1. The van der Waals surface area contributed by atoms with Gasteiger partial charge >= 0.3 is 0 Å². The average Bonchev–Trinajstić information content (AvgIpc) is 2.92. The van der Waals surface area contributed by atoms with Crippen LogP contribution in [0.25, 0.3) is 0 Å². The molecule has 2 atom stereocenters. The summed E-state index contributed by atoms with van der Waals surface area (Å²) in [5.41, 5.74) is 4.02. The molecule has 3 rings (SSSR count). The zero-order valence-electron chi connectivity index (χ0n) is 13.4. The molecule has 0 saturated heterocycles. The van der Waals surface area contributed by atoms with E-state index in [0.29, 0.717) is 12.6 Å². The van der Waals surface area contributed by atoms with Gasteiger partial charge in [0.05, 0.1) is 6.04 Å². The summed E-state index contributed by atoms with van der Waals surface area (Å²) < 4.78 is 12.9. The summed E-state index contributed by atoms with van der Waals surface area (Å²) in [4.78, 5) is 12.6. The molecule has 0 bridgehead atoms. The van der Waals surface area contributed by atoms with Crippen LogP contribution < -0.4 is 10.6 Å². The van der Waals surface area contributed by atoms with Gasteiger partial charge in [-0.25, -0.2) is 4.39 Å². The van der Waals surface area contributed by atoms with Crippen LogP contribution in [-0.4, -0.2) is 17.9 Å². The van der Waals surface area contributed by atoms with Gasteiger partial charge in [0.1, 0.15) is 5.82 Å². The summed E-state index contributed by atoms with van der Waals surface area (Å²) in [6.07, 6.45) is 0.952. The SMILES string of the molecule is CC1Cc2cc(C(=O)C(C)NCc3ccc(F)cc3)ccc2N1. The molecular weight excluding hydrogens is 291 g/mol. The molecule has 2 unspecified atom stereocenters. The first-order valence-corrected chi connectivity index (χ1v) is 7.94. The molecule has 3 nitrogen and oxygen atoms in total. The number of carbonyl (C=O) groups is 1. The van der Waals surface area contributed by atoms with Crippen LogP contribution in [0.15, 0.2) is 42.5 Å². The van der Waals surface area contributed by atoms with E-state index in [4.69, 9.17) is 0 Å². The zero-order chi connectivity index (χ0) is 16.4. The smallest absolute Gasteiger partial charge is 0.179 e. The molecule has 1 heterocycles. The van der Waals surface area contributed by atoms with E-state index in [1.54, 1.807) is 12.1 Å². The highest BCUT2D eigenvalue weighted by atomic mass is 19.1. The van der Waals surface area contributed by atoms with Gasteiger partial charge in [0, 0.05) is 23.8 Å². The topological polar surface area (TPSA) is 41.1 Å². The monoisotopic (exact) mass is 312 g/mol. The van der Waals surface area contributed by atoms with E-state index < -0.39 is 0 Å². The lowest BCUT2D eigenvalue weighted by Gasteiger charge is -2.13. The number of fused-ring (bicyclic) bond motifs is 1. The normalized spacial score (nSPS) is 17.4. The molecule has 1 aliphatic heterocycles. The Bertz CT molecular complexity index is 712. The second kappa shape index (κ2) is 6.50. The molecule has 2 N–H and O–H groups in total. The molecule has 2 aromatic carbocycles. The highest BCUT2D eigenvalue weighted by molar-refractivity contribution is 6.00. The number of carbonyl (C=O) groups excluding carboxylic acids is 1.